The van der Waals surface area contributed by atoms with Gasteiger partial charge in [-0.2, -0.15) is 0 Å². The van der Waals surface area contributed by atoms with Crippen LogP contribution in [-0.4, -0.2) is 12.9 Å². The van der Waals surface area contributed by atoms with E-state index in [-0.39, 0.29) is 11.8 Å². The first-order valence-corrected chi connectivity index (χ1v) is 8.05. The van der Waals surface area contributed by atoms with Crippen LogP contribution in [0.1, 0.15) is 24.9 Å². The van der Waals surface area contributed by atoms with Gasteiger partial charge in [0.25, 0.3) is 0 Å². The maximum Gasteiger partial charge on any atom is 0.141 e. The Morgan fingerprint density at radius 3 is 2.50 bits per heavy atom. The van der Waals surface area contributed by atoms with E-state index in [9.17, 15) is 4.79 Å². The number of nitrogens with one attached hydrogen (secondary N) is 1. The van der Waals surface area contributed by atoms with Gasteiger partial charge < -0.3 is 10.1 Å². The molecular formula is C21H21NO2. The van der Waals surface area contributed by atoms with E-state index in [1.54, 1.807) is 14.0 Å². The summed E-state index contributed by atoms with van der Waals surface area (Å²) in [4.78, 5) is 11.8. The summed E-state index contributed by atoms with van der Waals surface area (Å²) < 4.78 is 5.43. The molecule has 0 saturated heterocycles. The second-order valence-corrected chi connectivity index (χ2v) is 5.87. The van der Waals surface area contributed by atoms with Crippen molar-refractivity contribution in [1.29, 1.82) is 0 Å². The van der Waals surface area contributed by atoms with Gasteiger partial charge in [0.1, 0.15) is 11.5 Å². The molecule has 0 aromatic heterocycles. The maximum absolute atomic E-state index is 11.8. The van der Waals surface area contributed by atoms with E-state index in [4.69, 9.17) is 4.74 Å². The monoisotopic (exact) mass is 319 g/mol. The van der Waals surface area contributed by atoms with Crippen molar-refractivity contribution in [1.82, 2.24) is 0 Å². The number of carbonyl (C=O) groups excluding carboxylic acids is 1. The highest BCUT2D eigenvalue weighted by Gasteiger charge is 2.17. The summed E-state index contributed by atoms with van der Waals surface area (Å²) in [5, 5.41) is 5.82. The first-order chi connectivity index (χ1) is 11.7. The maximum atomic E-state index is 11.8. The number of carbonyl (C=O) groups is 1. The second-order valence-electron chi connectivity index (χ2n) is 5.87. The fraction of sp³-hybridized carbons (Fsp3) is 0.190. The summed E-state index contributed by atoms with van der Waals surface area (Å²) in [6.45, 7) is 1.63. The van der Waals surface area contributed by atoms with E-state index in [0.717, 1.165) is 22.4 Å². The molecule has 3 aromatic carbocycles. The summed E-state index contributed by atoms with van der Waals surface area (Å²) in [5.41, 5.74) is 2.01. The Hall–Kier alpha value is -2.81. The lowest BCUT2D eigenvalue weighted by Gasteiger charge is -2.22. The van der Waals surface area contributed by atoms with E-state index in [1.165, 1.54) is 5.39 Å². The molecule has 3 aromatic rings. The van der Waals surface area contributed by atoms with Crippen LogP contribution in [0.25, 0.3) is 10.8 Å². The highest BCUT2D eigenvalue weighted by atomic mass is 16.5. The van der Waals surface area contributed by atoms with Gasteiger partial charge in [-0.1, -0.05) is 54.6 Å². The van der Waals surface area contributed by atoms with Gasteiger partial charge in [-0.05, 0) is 35.4 Å². The molecule has 122 valence electrons. The van der Waals surface area contributed by atoms with Crippen LogP contribution in [0.4, 0.5) is 5.69 Å². The van der Waals surface area contributed by atoms with Gasteiger partial charge in [0.15, 0.2) is 0 Å². The van der Waals surface area contributed by atoms with Crippen molar-refractivity contribution in [3.05, 3.63) is 72.3 Å². The topological polar surface area (TPSA) is 38.3 Å². The van der Waals surface area contributed by atoms with Crippen LogP contribution >= 0.6 is 0 Å². The molecule has 0 radical (unpaired) electrons. The molecule has 0 heterocycles. The first-order valence-electron chi connectivity index (χ1n) is 8.05. The molecule has 0 spiro atoms. The third-order valence-electron chi connectivity index (χ3n) is 4.13. The van der Waals surface area contributed by atoms with Crippen LogP contribution in [-0.2, 0) is 4.79 Å². The lowest BCUT2D eigenvalue weighted by atomic mass is 9.95. The number of ether oxygens (including phenoxy) is 1. The Balaban J connectivity index is 2.04. The minimum Gasteiger partial charge on any atom is -0.495 e. The molecule has 0 amide bonds. The predicted molar refractivity (Wildman–Crippen MR) is 98.6 cm³/mol. The number of hydrogen-bond donors (Lipinski definition) is 1. The zero-order valence-corrected chi connectivity index (χ0v) is 14.0. The average molecular weight is 319 g/mol. The van der Waals surface area contributed by atoms with Crippen molar-refractivity contribution in [3.63, 3.8) is 0 Å². The molecule has 0 bridgehead atoms. The molecule has 3 nitrogen and oxygen atoms in total. The minimum atomic E-state index is -0.107. The molecule has 0 saturated carbocycles. The molecule has 0 fully saturated rings. The number of ketones is 1. The molecule has 24 heavy (non-hydrogen) atoms. The van der Waals surface area contributed by atoms with Crippen molar-refractivity contribution in [2.45, 2.75) is 19.4 Å². The van der Waals surface area contributed by atoms with Gasteiger partial charge in [0, 0.05) is 6.42 Å². The third-order valence-corrected chi connectivity index (χ3v) is 4.13. The molecule has 3 rings (SSSR count). The summed E-state index contributed by atoms with van der Waals surface area (Å²) in [5.74, 6) is 0.918. The largest absolute Gasteiger partial charge is 0.495 e. The number of benzene rings is 3. The molecule has 3 heteroatoms. The number of fused-ring (bicyclic) bond motifs is 1. The second kappa shape index (κ2) is 7.18. The Morgan fingerprint density at radius 2 is 1.71 bits per heavy atom. The SMILES string of the molecule is COc1ccccc1N[C@@H](CC(C)=O)c1cccc2ccccc12. The van der Waals surface area contributed by atoms with Gasteiger partial charge in [-0.25, -0.2) is 0 Å². The normalized spacial score (nSPS) is 11.9. The van der Waals surface area contributed by atoms with Crippen molar-refractivity contribution in [2.24, 2.45) is 0 Å². The van der Waals surface area contributed by atoms with E-state index in [0.29, 0.717) is 6.42 Å². The Labute approximate surface area is 142 Å². The number of anilines is 1. The predicted octanol–water partition coefficient (Wildman–Crippen LogP) is 4.98. The number of methoxy groups -OCH3 is 1. The summed E-state index contributed by atoms with van der Waals surface area (Å²) in [6, 6.07) is 22.1. The molecule has 1 N–H and O–H groups in total. The summed E-state index contributed by atoms with van der Waals surface area (Å²) in [7, 11) is 1.65. The minimum absolute atomic E-state index is 0.107. The molecule has 0 aliphatic rings. The van der Waals surface area contributed by atoms with Crippen molar-refractivity contribution in [2.75, 3.05) is 12.4 Å². The van der Waals surface area contributed by atoms with E-state index >= 15 is 0 Å². The molecule has 0 aliphatic carbocycles. The van der Waals surface area contributed by atoms with Crippen LogP contribution in [0.15, 0.2) is 66.7 Å². The van der Waals surface area contributed by atoms with Gasteiger partial charge in [0.05, 0.1) is 18.8 Å². The average Bonchev–Trinajstić information content (AvgIpc) is 2.61. The Morgan fingerprint density at radius 1 is 1.00 bits per heavy atom. The van der Waals surface area contributed by atoms with Gasteiger partial charge >= 0.3 is 0 Å². The van der Waals surface area contributed by atoms with E-state index < -0.39 is 0 Å². The Kier molecular flexibility index (Phi) is 4.80. The molecule has 1 atom stereocenters. The highest BCUT2D eigenvalue weighted by molar-refractivity contribution is 5.87. The number of rotatable bonds is 6. The first kappa shape index (κ1) is 16.1. The number of Topliss-reactive ketones (excluding diaryl/α,β-unsaturated/α-hetero) is 1. The van der Waals surface area contributed by atoms with E-state index in [1.807, 2.05) is 42.5 Å². The fourth-order valence-electron chi connectivity index (χ4n) is 3.03. The van der Waals surface area contributed by atoms with Gasteiger partial charge in [-0.3, -0.25) is 4.79 Å². The van der Waals surface area contributed by atoms with Crippen LogP contribution in [0.2, 0.25) is 0 Å². The molecule has 0 unspecified atom stereocenters. The van der Waals surface area contributed by atoms with Crippen molar-refractivity contribution < 1.29 is 9.53 Å². The van der Waals surface area contributed by atoms with Crippen LogP contribution in [0, 0.1) is 0 Å². The van der Waals surface area contributed by atoms with Crippen molar-refractivity contribution in [3.8, 4) is 5.75 Å². The van der Waals surface area contributed by atoms with E-state index in [2.05, 4.69) is 29.6 Å². The third kappa shape index (κ3) is 3.40. The van der Waals surface area contributed by atoms with Crippen molar-refractivity contribution >= 4 is 22.2 Å². The number of para-hydroxylation sites is 2. The lowest BCUT2D eigenvalue weighted by Crippen LogP contribution is -2.15. The lowest BCUT2D eigenvalue weighted by molar-refractivity contribution is -0.117. The zero-order chi connectivity index (χ0) is 16.9. The fourth-order valence-corrected chi connectivity index (χ4v) is 3.03. The zero-order valence-electron chi connectivity index (χ0n) is 14.0. The molecular weight excluding hydrogens is 298 g/mol. The number of hydrogen-bond acceptors (Lipinski definition) is 3. The van der Waals surface area contributed by atoms with Gasteiger partial charge in [0.2, 0.25) is 0 Å². The van der Waals surface area contributed by atoms with Crippen LogP contribution in [0.3, 0.4) is 0 Å². The molecule has 0 aliphatic heterocycles. The smallest absolute Gasteiger partial charge is 0.141 e. The summed E-state index contributed by atoms with van der Waals surface area (Å²) >= 11 is 0. The quantitative estimate of drug-likeness (QED) is 0.696. The standard InChI is InChI=1S/C21H21NO2/c1-15(23)14-20(22-19-12-5-6-13-21(19)24-2)18-11-7-9-16-8-3-4-10-17(16)18/h3-13,20,22H,14H2,1-2H3/t20-/m0/s1. The highest BCUT2D eigenvalue weighted by Crippen LogP contribution is 2.32. The van der Waals surface area contributed by atoms with Gasteiger partial charge in [-0.15, -0.1) is 0 Å². The van der Waals surface area contributed by atoms with Crippen LogP contribution < -0.4 is 10.1 Å². The summed E-state index contributed by atoms with van der Waals surface area (Å²) in [6.07, 6.45) is 0.423. The Bertz CT molecular complexity index is 852. The van der Waals surface area contributed by atoms with Crippen LogP contribution in [0.5, 0.6) is 5.75 Å².